The molecule has 1 amide bonds. The van der Waals surface area contributed by atoms with E-state index in [1.807, 2.05) is 99.9 Å². The molecule has 35 nitrogen and oxygen atoms in total. The molecule has 0 aliphatic rings. The quantitative estimate of drug-likeness (QED) is 0.00519. The molecule has 0 bridgehead atoms. The minimum atomic E-state index is -2.71. The van der Waals surface area contributed by atoms with Crippen LogP contribution in [0.25, 0.3) is 66.9 Å². The number of nitrogens with zero attached hydrogens (tertiary/aromatic N) is 19. The molecule has 6 aromatic carbocycles. The summed E-state index contributed by atoms with van der Waals surface area (Å²) in [6.45, 7) is 19.3. The molecule has 0 aliphatic heterocycles. The first kappa shape index (κ1) is 107. The number of aliphatic hydroxyl groups is 1. The van der Waals surface area contributed by atoms with Gasteiger partial charge in [0.1, 0.15) is 39.5 Å². The van der Waals surface area contributed by atoms with E-state index >= 15 is 13.2 Å². The van der Waals surface area contributed by atoms with Crippen LogP contribution < -0.4 is 70.1 Å². The van der Waals surface area contributed by atoms with E-state index in [0.717, 1.165) is 44.2 Å². The maximum Gasteiger partial charge on any atom is 0.297 e. The van der Waals surface area contributed by atoms with Gasteiger partial charge in [-0.3, -0.25) is 33.4 Å². The SMILES string of the molecule is C=CC(=O)Cl.C=CC(=O)Nc1cc(Nc2nccc(-c3cc(F)c4nc(OCC(F)F)n(C(C)C)c4c3)n2)c(OC)cc1N(C)CCN(C)C.CO.COc1cc(N(C)CCN(C)C)c(N)cc1Nc1nccc(-c2cc(F)c3nc(OCC(F)F)n(C(C)C)c3c2)n1.COc1cc(N(C)CCN(C)C)c([N+](=O)[O-])cc1Nc1nccc(-c2cc(F)c3nc(OCC(F)F)n(C(C)C)c3c2)n1. The average molecular weight is 1920 g/mol. The molecule has 0 radical (unpaired) electrons. The zero-order valence-corrected chi connectivity index (χ0v) is 79.4. The third-order valence-corrected chi connectivity index (χ3v) is 20.1. The van der Waals surface area contributed by atoms with E-state index in [0.29, 0.717) is 116 Å². The van der Waals surface area contributed by atoms with Crippen molar-refractivity contribution in [2.45, 2.75) is 78.9 Å². The first-order valence-corrected chi connectivity index (χ1v) is 42.5. The number of alkyl halides is 6. The second-order valence-corrected chi connectivity index (χ2v) is 32.1. The van der Waals surface area contributed by atoms with Crippen molar-refractivity contribution in [1.82, 2.24) is 73.3 Å². The number of halogens is 10. The highest BCUT2D eigenvalue weighted by molar-refractivity contribution is 6.66. The van der Waals surface area contributed by atoms with Crippen LogP contribution in [-0.4, -0.2) is 265 Å². The number of nitrogens with one attached hydrogen (secondary N) is 4. The molecular weight excluding hydrogens is 1810 g/mol. The highest BCUT2D eigenvalue weighted by Crippen LogP contribution is 2.44. The summed E-state index contributed by atoms with van der Waals surface area (Å²) >= 11 is 4.71. The highest BCUT2D eigenvalue weighted by atomic mass is 35.5. The van der Waals surface area contributed by atoms with Crippen molar-refractivity contribution in [1.29, 1.82) is 0 Å². The Morgan fingerprint density at radius 1 is 0.471 bits per heavy atom. The van der Waals surface area contributed by atoms with Gasteiger partial charge < -0.3 is 89.9 Å². The first-order valence-electron chi connectivity index (χ1n) is 42.1. The summed E-state index contributed by atoms with van der Waals surface area (Å²) in [5.41, 5.74) is 14.0. The van der Waals surface area contributed by atoms with Crippen molar-refractivity contribution < 1.29 is 87.6 Å². The molecule has 6 aromatic heterocycles. The number of allylic oxidation sites excluding steroid dienone is 1. The van der Waals surface area contributed by atoms with Gasteiger partial charge in [0.15, 0.2) is 37.3 Å². The number of methoxy groups -OCH3 is 3. The molecule has 45 heteroatoms. The van der Waals surface area contributed by atoms with E-state index in [2.05, 4.69) is 94.0 Å². The van der Waals surface area contributed by atoms with E-state index in [1.54, 1.807) is 109 Å². The monoisotopic (exact) mass is 1920 g/mol. The van der Waals surface area contributed by atoms with Crippen molar-refractivity contribution in [2.75, 3.05) is 193 Å². The number of hydrogen-bond acceptors (Lipinski definition) is 30. The van der Waals surface area contributed by atoms with Gasteiger partial charge in [-0.1, -0.05) is 13.2 Å². The second kappa shape index (κ2) is 49.7. The number of carbonyl (C=O) groups excluding carboxylic acids is 2. The normalized spacial score (nSPS) is 11.2. The number of likely N-dealkylation sites (N-methyl/N-ethyl adjacent to an activating group) is 6. The van der Waals surface area contributed by atoms with Gasteiger partial charge in [0.25, 0.3) is 43.0 Å². The van der Waals surface area contributed by atoms with E-state index < -0.39 is 66.7 Å². The second-order valence-electron chi connectivity index (χ2n) is 31.7. The molecule has 6 heterocycles. The predicted molar refractivity (Wildman–Crippen MR) is 511 cm³/mol. The summed E-state index contributed by atoms with van der Waals surface area (Å²) < 4.78 is 160. The van der Waals surface area contributed by atoms with Crippen LogP contribution in [0.5, 0.6) is 35.3 Å². The van der Waals surface area contributed by atoms with Gasteiger partial charge in [0.2, 0.25) is 29.0 Å². The minimum Gasteiger partial charge on any atom is -0.494 e. The number of carbonyl (C=O) groups is 2. The van der Waals surface area contributed by atoms with Crippen LogP contribution in [0.2, 0.25) is 0 Å². The smallest absolute Gasteiger partial charge is 0.297 e. The zero-order valence-electron chi connectivity index (χ0n) is 78.7. The number of imidazole rings is 3. The Hall–Kier alpha value is -14.1. The number of benzene rings is 6. The van der Waals surface area contributed by atoms with Crippen LogP contribution in [-0.2, 0) is 9.59 Å². The predicted octanol–water partition coefficient (Wildman–Crippen LogP) is 17.0. The van der Waals surface area contributed by atoms with Crippen LogP contribution in [0.4, 0.5) is 109 Å². The number of nitro groups is 1. The Kier molecular flexibility index (Phi) is 39.2. The molecule has 0 spiro atoms. The Labute approximate surface area is 785 Å². The summed E-state index contributed by atoms with van der Waals surface area (Å²) in [5.74, 6) is -0.506. The van der Waals surface area contributed by atoms with Gasteiger partial charge >= 0.3 is 0 Å². The molecular formula is C91H112ClF9N24O11. The lowest BCUT2D eigenvalue weighted by Gasteiger charge is -2.26. The number of ether oxygens (including phenoxy) is 6. The number of rotatable bonds is 40. The number of aromatic nitrogens is 12. The summed E-state index contributed by atoms with van der Waals surface area (Å²) in [5, 5.41) is 30.6. The number of amides is 1. The van der Waals surface area contributed by atoms with Gasteiger partial charge in [0, 0.05) is 145 Å². The van der Waals surface area contributed by atoms with E-state index in [4.69, 9.17) is 50.9 Å². The number of nitrogens with two attached hydrogens (primary N) is 1. The Bertz CT molecular complexity index is 6110. The number of anilines is 11. The van der Waals surface area contributed by atoms with Gasteiger partial charge in [-0.05, 0) is 174 Å². The Morgan fingerprint density at radius 3 is 1.08 bits per heavy atom. The lowest BCUT2D eigenvalue weighted by molar-refractivity contribution is -0.384. The van der Waals surface area contributed by atoms with Gasteiger partial charge in [0.05, 0.1) is 99.7 Å². The fourth-order valence-electron chi connectivity index (χ4n) is 13.5. The summed E-state index contributed by atoms with van der Waals surface area (Å²) in [7, 11) is 23.0. The fourth-order valence-corrected chi connectivity index (χ4v) is 13.5. The largest absolute Gasteiger partial charge is 0.494 e. The number of hydrogen-bond donors (Lipinski definition) is 6. The van der Waals surface area contributed by atoms with Crippen molar-refractivity contribution >= 4 is 125 Å². The average Bonchev–Trinajstić information content (AvgIpc) is 1.62. The molecule has 0 atom stereocenters. The third-order valence-electron chi connectivity index (χ3n) is 20.0. The van der Waals surface area contributed by atoms with Crippen molar-refractivity contribution in [3.8, 4) is 69.1 Å². The summed E-state index contributed by atoms with van der Waals surface area (Å²) in [6.07, 6.45) is -1.36. The van der Waals surface area contributed by atoms with Gasteiger partial charge in [-0.2, -0.15) is 15.0 Å². The first-order chi connectivity index (χ1) is 64.5. The van der Waals surface area contributed by atoms with Crippen molar-refractivity contribution in [3.05, 3.63) is 162 Å². The summed E-state index contributed by atoms with van der Waals surface area (Å²) in [6, 6.07) is 22.6. The van der Waals surface area contributed by atoms with Crippen molar-refractivity contribution in [2.24, 2.45) is 0 Å². The van der Waals surface area contributed by atoms with Crippen LogP contribution in [0.1, 0.15) is 59.7 Å². The molecule has 136 heavy (non-hydrogen) atoms. The standard InChI is InChI=1S/C31H37F3N8O3.C28H33F3N8O4.C28H35F3N8O2.C3H3ClO.CH4O/c1-8-28(43)36-22-15-23(26(44-7)16-24(22)41(6)12-11-40(4)5)38-30-35-10-9-21(37-30)19-13-20(32)29-25(14-19)42(18(2)3)31(39-29)45-17-27(33)34;1-16(2)38-23-12-17(11-18(29)26(23)35-28(38)43-15-25(30)31)19-7-8-32-27(33-19)34-20-13-22(39(40)41)21(14-24(20)42-6)37(5)10-9-36(3)4;1-16(2)39-23-12-17(11-18(29)26(23)36-28(39)41-15-25(30)31)20-7-8-33-27(34-20)35-21-13-19(32)22(14-24(21)40-6)38(5)10-9-37(3)4;1-2-3(4)5;1-2/h8-10,13-16,18,27H,1,11-12,17H2,2-7H3,(H,36,43)(H,35,37,38);7-8,11-14,16,25H,9-10,15H2,1-6H3,(H,32,33,34);7-8,11-14,16,25H,9-10,15,32H2,1-6H3,(H,33,34,35);2H,1H2;2H,1H3. The number of aliphatic hydroxyl groups excluding tert-OH is 1. The topological polar surface area (TPSA) is 377 Å². The molecule has 0 aliphatic carbocycles. The molecule has 0 saturated carbocycles. The summed E-state index contributed by atoms with van der Waals surface area (Å²) in [4.78, 5) is 84.1. The number of nitro benzene ring substituents is 1. The molecule has 0 fully saturated rings. The lowest BCUT2D eigenvalue weighted by atomic mass is 10.1. The van der Waals surface area contributed by atoms with Gasteiger partial charge in [-0.25, -0.2) is 69.4 Å². The molecule has 0 saturated heterocycles. The van der Waals surface area contributed by atoms with Crippen LogP contribution in [0.15, 0.2) is 135 Å². The Morgan fingerprint density at radius 2 is 0.779 bits per heavy atom. The number of fused-ring (bicyclic) bond motifs is 3. The van der Waals surface area contributed by atoms with Gasteiger partial charge in [-0.15, -0.1) is 0 Å². The van der Waals surface area contributed by atoms with Crippen LogP contribution in [0.3, 0.4) is 0 Å². The van der Waals surface area contributed by atoms with E-state index in [9.17, 15) is 46.0 Å². The zero-order chi connectivity index (χ0) is 100. The highest BCUT2D eigenvalue weighted by Gasteiger charge is 2.29. The lowest BCUT2D eigenvalue weighted by Crippen LogP contribution is -2.29. The molecule has 7 N–H and O–H groups in total. The minimum absolute atomic E-state index is 0.00130. The third kappa shape index (κ3) is 28.5. The fraction of sp³-hybridized carbons (Fsp3) is 0.374. The van der Waals surface area contributed by atoms with Crippen LogP contribution >= 0.6 is 11.6 Å². The molecule has 12 aromatic rings. The molecule has 732 valence electrons. The molecule has 12 rings (SSSR count). The molecule has 0 unspecified atom stereocenters. The van der Waals surface area contributed by atoms with Crippen LogP contribution in [0, 0.1) is 27.6 Å². The Balaban J connectivity index is 0.000000242. The van der Waals surface area contributed by atoms with E-state index in [1.165, 1.54) is 61.5 Å². The maximum atomic E-state index is 15.3. The number of nitrogen functional groups attached to an aromatic ring is 1. The maximum absolute atomic E-state index is 15.3. The van der Waals surface area contributed by atoms with Crippen molar-refractivity contribution in [3.63, 3.8) is 0 Å². The van der Waals surface area contributed by atoms with E-state index in [-0.39, 0.29) is 87.8 Å².